The molecule has 0 spiro atoms. The third-order valence-corrected chi connectivity index (χ3v) is 19.0. The van der Waals surface area contributed by atoms with Crippen molar-refractivity contribution in [3.05, 3.63) is 0 Å². The van der Waals surface area contributed by atoms with Crippen LogP contribution in [0.2, 0.25) is 13.3 Å². The first kappa shape index (κ1) is 26.8. The van der Waals surface area contributed by atoms with Crippen molar-refractivity contribution in [2.24, 2.45) is 0 Å². The summed E-state index contributed by atoms with van der Waals surface area (Å²) in [5.41, 5.74) is 0. The van der Waals surface area contributed by atoms with Gasteiger partial charge in [-0.1, -0.05) is 0 Å². The Labute approximate surface area is 171 Å². The Bertz CT molecular complexity index is 259. The second kappa shape index (κ2) is 20.5. The van der Waals surface area contributed by atoms with E-state index in [0.717, 1.165) is 6.61 Å². The molecule has 0 amide bonds. The van der Waals surface area contributed by atoms with Gasteiger partial charge in [0.15, 0.2) is 0 Å². The molecule has 0 aromatic rings. The van der Waals surface area contributed by atoms with Crippen LogP contribution in [0.5, 0.6) is 0 Å². The molecule has 0 aromatic heterocycles. The molecular weight excluding hydrogens is 423 g/mol. The Morgan fingerprint density at radius 3 is 1.31 bits per heavy atom. The minimum atomic E-state index is -2.34. The molecule has 158 valence electrons. The summed E-state index contributed by atoms with van der Waals surface area (Å²) in [6.45, 7) is 10.4. The molecule has 0 atom stereocenters. The van der Waals surface area contributed by atoms with Gasteiger partial charge in [0.1, 0.15) is 0 Å². The summed E-state index contributed by atoms with van der Waals surface area (Å²) in [5.74, 6) is 0. The zero-order valence-corrected chi connectivity index (χ0v) is 21.9. The molecule has 0 radical (unpaired) electrons. The number of unbranched alkanes of at least 4 members (excludes halogenated alkanes) is 12. The van der Waals surface area contributed by atoms with Gasteiger partial charge in [-0.15, -0.1) is 0 Å². The van der Waals surface area contributed by atoms with Crippen molar-refractivity contribution < 1.29 is 3.07 Å². The van der Waals surface area contributed by atoms with E-state index in [4.69, 9.17) is 3.07 Å². The summed E-state index contributed by atoms with van der Waals surface area (Å²) >= 11 is -2.34. The van der Waals surface area contributed by atoms with Gasteiger partial charge in [0.2, 0.25) is 0 Å². The van der Waals surface area contributed by atoms with Crippen molar-refractivity contribution in [3.8, 4) is 0 Å². The topological polar surface area (TPSA) is 9.23 Å². The van der Waals surface area contributed by atoms with Gasteiger partial charge in [0.25, 0.3) is 0 Å². The SMILES string of the molecule is CCCCCCCC[O][Sn]([CH2]CCC)([CH2]CCC)[CH2]CCCCCCC. The first-order valence-electron chi connectivity index (χ1n) is 12.4. The van der Waals surface area contributed by atoms with E-state index in [1.165, 1.54) is 116 Å². The fourth-order valence-electron chi connectivity index (χ4n) is 3.99. The zero-order valence-electron chi connectivity index (χ0n) is 19.1. The van der Waals surface area contributed by atoms with Crippen LogP contribution >= 0.6 is 0 Å². The molecule has 0 saturated heterocycles. The summed E-state index contributed by atoms with van der Waals surface area (Å²) in [4.78, 5) is 0. The van der Waals surface area contributed by atoms with Crippen molar-refractivity contribution in [2.45, 2.75) is 144 Å². The van der Waals surface area contributed by atoms with Gasteiger partial charge in [-0.3, -0.25) is 0 Å². The molecule has 0 aliphatic carbocycles. The van der Waals surface area contributed by atoms with Crippen molar-refractivity contribution in [1.82, 2.24) is 0 Å². The normalized spacial score (nSPS) is 12.0. The van der Waals surface area contributed by atoms with Crippen LogP contribution in [0.1, 0.15) is 130 Å². The fraction of sp³-hybridized carbons (Fsp3) is 1.00. The van der Waals surface area contributed by atoms with Crippen molar-refractivity contribution in [3.63, 3.8) is 0 Å². The average Bonchev–Trinajstić information content (AvgIpc) is 2.66. The Balaban J connectivity index is 4.32. The standard InChI is InChI=1S/C8H17O.C8H17.2C4H9.Sn/c1-2-3-4-5-6-7-8-9;1-3-5-7-8-6-4-2;2*1-3-4-2;/h2-8H2,1H3;1,3-8H2,2H3;2*1,3-4H2,2H3;/q-1;;;;+1. The molecule has 0 bridgehead atoms. The van der Waals surface area contributed by atoms with Crippen LogP contribution in [0.25, 0.3) is 0 Å². The van der Waals surface area contributed by atoms with Crippen molar-refractivity contribution >= 4 is 18.8 Å². The first-order chi connectivity index (χ1) is 12.7. The Morgan fingerprint density at radius 2 is 0.808 bits per heavy atom. The van der Waals surface area contributed by atoms with E-state index >= 15 is 0 Å². The van der Waals surface area contributed by atoms with Gasteiger partial charge < -0.3 is 0 Å². The van der Waals surface area contributed by atoms with Gasteiger partial charge in [0, 0.05) is 0 Å². The average molecular weight is 475 g/mol. The molecule has 0 aromatic carbocycles. The maximum absolute atomic E-state index is 6.88. The van der Waals surface area contributed by atoms with Crippen molar-refractivity contribution in [2.75, 3.05) is 6.61 Å². The molecular formula is C24H52OSn. The third-order valence-electron chi connectivity index (χ3n) is 5.86. The predicted octanol–water partition coefficient (Wildman–Crippen LogP) is 9.27. The van der Waals surface area contributed by atoms with Crippen molar-refractivity contribution in [1.29, 1.82) is 0 Å². The first-order valence-corrected chi connectivity index (χ1v) is 19.6. The second-order valence-electron chi connectivity index (χ2n) is 8.52. The minimum absolute atomic E-state index is 1.09. The van der Waals surface area contributed by atoms with Gasteiger partial charge in [0.05, 0.1) is 0 Å². The summed E-state index contributed by atoms with van der Waals surface area (Å²) < 4.78 is 11.4. The summed E-state index contributed by atoms with van der Waals surface area (Å²) in [7, 11) is 0. The van der Waals surface area contributed by atoms with Crippen LogP contribution in [-0.4, -0.2) is 25.4 Å². The van der Waals surface area contributed by atoms with Gasteiger partial charge in [-0.2, -0.15) is 0 Å². The van der Waals surface area contributed by atoms with E-state index in [-0.39, 0.29) is 0 Å². The molecule has 0 unspecified atom stereocenters. The van der Waals surface area contributed by atoms with Gasteiger partial charge in [-0.05, 0) is 0 Å². The fourth-order valence-corrected chi connectivity index (χ4v) is 17.3. The Kier molecular flexibility index (Phi) is 21.1. The summed E-state index contributed by atoms with van der Waals surface area (Å²) in [5, 5.41) is 0. The van der Waals surface area contributed by atoms with E-state index in [0.29, 0.717) is 0 Å². The van der Waals surface area contributed by atoms with E-state index < -0.39 is 18.8 Å². The third kappa shape index (κ3) is 15.8. The van der Waals surface area contributed by atoms with Crippen LogP contribution in [0.4, 0.5) is 0 Å². The van der Waals surface area contributed by atoms with E-state index in [1.807, 2.05) is 0 Å². The summed E-state index contributed by atoms with van der Waals surface area (Å²) in [6, 6.07) is 0. The summed E-state index contributed by atoms with van der Waals surface area (Å²) in [6.07, 6.45) is 22.5. The van der Waals surface area contributed by atoms with E-state index in [9.17, 15) is 0 Å². The number of hydrogen-bond acceptors (Lipinski definition) is 1. The quantitative estimate of drug-likeness (QED) is 0.119. The predicted molar refractivity (Wildman–Crippen MR) is 123 cm³/mol. The molecule has 0 rings (SSSR count). The molecule has 1 nitrogen and oxygen atoms in total. The molecule has 0 fully saturated rings. The number of hydrogen-bond donors (Lipinski definition) is 0. The maximum atomic E-state index is 6.88. The molecule has 0 N–H and O–H groups in total. The zero-order chi connectivity index (χ0) is 19.3. The van der Waals surface area contributed by atoms with E-state index in [2.05, 4.69) is 27.7 Å². The van der Waals surface area contributed by atoms with E-state index in [1.54, 1.807) is 0 Å². The van der Waals surface area contributed by atoms with Crippen LogP contribution in [0.15, 0.2) is 0 Å². The van der Waals surface area contributed by atoms with Crippen LogP contribution in [0.3, 0.4) is 0 Å². The molecule has 0 aliphatic heterocycles. The molecule has 2 heteroatoms. The second-order valence-corrected chi connectivity index (χ2v) is 20.4. The van der Waals surface area contributed by atoms with Crippen LogP contribution < -0.4 is 0 Å². The molecule has 0 saturated carbocycles. The Morgan fingerprint density at radius 1 is 0.423 bits per heavy atom. The van der Waals surface area contributed by atoms with Crippen LogP contribution in [-0.2, 0) is 3.07 Å². The molecule has 0 aliphatic rings. The Hall–Kier alpha value is 0.759. The monoisotopic (exact) mass is 476 g/mol. The number of rotatable bonds is 21. The molecule has 26 heavy (non-hydrogen) atoms. The van der Waals surface area contributed by atoms with Crippen LogP contribution in [0, 0.1) is 0 Å². The van der Waals surface area contributed by atoms with Gasteiger partial charge in [-0.25, -0.2) is 0 Å². The molecule has 0 heterocycles. The van der Waals surface area contributed by atoms with Gasteiger partial charge >= 0.3 is 172 Å².